The van der Waals surface area contributed by atoms with Gasteiger partial charge < -0.3 is 9.84 Å². The second-order valence-electron chi connectivity index (χ2n) is 3.98. The molecule has 0 fully saturated rings. The first-order valence-corrected chi connectivity index (χ1v) is 6.51. The summed E-state index contributed by atoms with van der Waals surface area (Å²) < 4.78 is 5.35. The minimum Gasteiger partial charge on any atom is -0.396 e. The van der Waals surface area contributed by atoms with Gasteiger partial charge in [-0.15, -0.1) is 0 Å². The molecular weight excluding hydrogens is 204 g/mol. The Kier molecular flexibility index (Phi) is 14.7. The fourth-order valence-electron chi connectivity index (χ4n) is 1.38. The largest absolute Gasteiger partial charge is 0.396 e. The summed E-state index contributed by atoms with van der Waals surface area (Å²) in [5, 5.41) is 15.0. The van der Waals surface area contributed by atoms with Gasteiger partial charge >= 0.3 is 0 Å². The highest BCUT2D eigenvalue weighted by molar-refractivity contribution is 4.45. The van der Waals surface area contributed by atoms with Crippen molar-refractivity contribution in [3.63, 3.8) is 0 Å². The molecule has 0 saturated heterocycles. The molecule has 0 rings (SSSR count). The van der Waals surface area contributed by atoms with E-state index >= 15 is 0 Å². The Labute approximate surface area is 99.8 Å². The van der Waals surface area contributed by atoms with Gasteiger partial charge in [-0.3, -0.25) is 10.6 Å². The number of aliphatic hydroxyl groups excluding tert-OH is 1. The van der Waals surface area contributed by atoms with Crippen LogP contribution in [0.2, 0.25) is 0 Å². The molecule has 0 aromatic carbocycles. The summed E-state index contributed by atoms with van der Waals surface area (Å²) in [6.45, 7) is 5.77. The van der Waals surface area contributed by atoms with Gasteiger partial charge in [-0.1, -0.05) is 19.8 Å². The van der Waals surface area contributed by atoms with Crippen LogP contribution in [0.15, 0.2) is 0 Å². The average molecular weight is 232 g/mol. The first kappa shape index (κ1) is 15.8. The van der Waals surface area contributed by atoms with Crippen molar-refractivity contribution in [3.05, 3.63) is 0 Å². The van der Waals surface area contributed by atoms with Crippen LogP contribution in [0.25, 0.3) is 0 Å². The molecule has 0 saturated carbocycles. The van der Waals surface area contributed by atoms with Gasteiger partial charge in [0.1, 0.15) is 0 Å². The quantitative estimate of drug-likeness (QED) is 0.332. The predicted octanol–water partition coefficient (Wildman–Crippen LogP) is 1.45. The minimum atomic E-state index is 0.304. The fourth-order valence-corrected chi connectivity index (χ4v) is 1.38. The Morgan fingerprint density at radius 1 is 0.875 bits per heavy atom. The number of nitrogens with one attached hydrogen (secondary N) is 2. The van der Waals surface area contributed by atoms with E-state index < -0.39 is 0 Å². The van der Waals surface area contributed by atoms with Gasteiger partial charge in [0.2, 0.25) is 0 Å². The van der Waals surface area contributed by atoms with Crippen LogP contribution in [0.3, 0.4) is 0 Å². The summed E-state index contributed by atoms with van der Waals surface area (Å²) in [7, 11) is 0. The molecule has 0 aliphatic rings. The zero-order valence-corrected chi connectivity index (χ0v) is 10.6. The van der Waals surface area contributed by atoms with Gasteiger partial charge in [0.25, 0.3) is 0 Å². The zero-order chi connectivity index (χ0) is 11.9. The van der Waals surface area contributed by atoms with Crippen LogP contribution >= 0.6 is 0 Å². The molecule has 4 nitrogen and oxygen atoms in total. The van der Waals surface area contributed by atoms with Crippen LogP contribution in [0.5, 0.6) is 0 Å². The van der Waals surface area contributed by atoms with Crippen molar-refractivity contribution >= 4 is 0 Å². The molecule has 0 aromatic rings. The van der Waals surface area contributed by atoms with E-state index in [0.717, 1.165) is 32.4 Å². The van der Waals surface area contributed by atoms with E-state index in [2.05, 4.69) is 17.6 Å². The highest BCUT2D eigenvalue weighted by atomic mass is 16.5. The lowest BCUT2D eigenvalue weighted by Crippen LogP contribution is -2.25. The molecule has 0 spiro atoms. The second kappa shape index (κ2) is 14.8. The molecule has 0 unspecified atom stereocenters. The van der Waals surface area contributed by atoms with Crippen molar-refractivity contribution in [2.75, 3.05) is 33.2 Å². The van der Waals surface area contributed by atoms with Crippen molar-refractivity contribution in [1.29, 1.82) is 0 Å². The van der Waals surface area contributed by atoms with Crippen LogP contribution in [-0.4, -0.2) is 38.3 Å². The van der Waals surface area contributed by atoms with E-state index in [1.165, 1.54) is 19.3 Å². The molecule has 0 amide bonds. The molecule has 4 heteroatoms. The highest BCUT2D eigenvalue weighted by Crippen LogP contribution is 1.92. The topological polar surface area (TPSA) is 53.5 Å². The summed E-state index contributed by atoms with van der Waals surface area (Å²) in [5.74, 6) is 0. The van der Waals surface area contributed by atoms with Crippen molar-refractivity contribution in [2.24, 2.45) is 0 Å². The number of ether oxygens (including phenoxy) is 1. The molecule has 16 heavy (non-hydrogen) atoms. The molecule has 0 aliphatic heterocycles. The summed E-state index contributed by atoms with van der Waals surface area (Å²) >= 11 is 0. The van der Waals surface area contributed by atoms with Gasteiger partial charge in [0.15, 0.2) is 0 Å². The lowest BCUT2D eigenvalue weighted by Gasteiger charge is -2.07. The van der Waals surface area contributed by atoms with E-state index in [4.69, 9.17) is 9.84 Å². The molecule has 0 aromatic heterocycles. The number of unbranched alkanes of at least 4 members (excludes halogenated alkanes) is 4. The maximum atomic E-state index is 8.57. The van der Waals surface area contributed by atoms with Crippen molar-refractivity contribution in [1.82, 2.24) is 10.6 Å². The van der Waals surface area contributed by atoms with Gasteiger partial charge in [-0.25, -0.2) is 0 Å². The first-order chi connectivity index (χ1) is 7.91. The molecule has 0 radical (unpaired) electrons. The van der Waals surface area contributed by atoms with Crippen LogP contribution in [0.1, 0.15) is 45.4 Å². The standard InChI is InChI=1S/C12H28N2O2/c1-2-3-5-8-13-11-16-12-14-9-6-4-7-10-15/h13-15H,2-12H2,1H3. The van der Waals surface area contributed by atoms with Crippen LogP contribution < -0.4 is 10.6 Å². The Morgan fingerprint density at radius 2 is 1.50 bits per heavy atom. The number of hydrogen-bond donors (Lipinski definition) is 3. The average Bonchev–Trinajstić information content (AvgIpc) is 2.31. The van der Waals surface area contributed by atoms with Gasteiger partial charge in [0, 0.05) is 6.61 Å². The van der Waals surface area contributed by atoms with E-state index in [9.17, 15) is 0 Å². The summed E-state index contributed by atoms with van der Waals surface area (Å²) in [4.78, 5) is 0. The van der Waals surface area contributed by atoms with Crippen molar-refractivity contribution < 1.29 is 9.84 Å². The SMILES string of the molecule is CCCCCNCOCNCCCCCO. The molecule has 3 N–H and O–H groups in total. The smallest absolute Gasteiger partial charge is 0.0983 e. The second-order valence-corrected chi connectivity index (χ2v) is 3.98. The Balaban J connectivity index is 2.83. The maximum Gasteiger partial charge on any atom is 0.0983 e. The molecule has 0 bridgehead atoms. The molecular formula is C12H28N2O2. The first-order valence-electron chi connectivity index (χ1n) is 6.51. The van der Waals surface area contributed by atoms with E-state index in [0.29, 0.717) is 20.1 Å². The Bertz CT molecular complexity index is 110. The molecule has 0 heterocycles. The third-order valence-corrected chi connectivity index (χ3v) is 2.38. The van der Waals surface area contributed by atoms with Crippen molar-refractivity contribution in [2.45, 2.75) is 45.4 Å². The Morgan fingerprint density at radius 3 is 2.06 bits per heavy atom. The lowest BCUT2D eigenvalue weighted by molar-refractivity contribution is 0.100. The maximum absolute atomic E-state index is 8.57. The van der Waals surface area contributed by atoms with Gasteiger partial charge in [0.05, 0.1) is 13.5 Å². The number of aliphatic hydroxyl groups is 1. The van der Waals surface area contributed by atoms with E-state index in [1.807, 2.05) is 0 Å². The summed E-state index contributed by atoms with van der Waals surface area (Å²) in [5.41, 5.74) is 0. The molecule has 98 valence electrons. The van der Waals surface area contributed by atoms with Crippen LogP contribution in [-0.2, 0) is 4.74 Å². The Hall–Kier alpha value is -0.160. The molecule has 0 aliphatic carbocycles. The monoisotopic (exact) mass is 232 g/mol. The van der Waals surface area contributed by atoms with Crippen LogP contribution in [0.4, 0.5) is 0 Å². The minimum absolute atomic E-state index is 0.304. The zero-order valence-electron chi connectivity index (χ0n) is 10.6. The highest BCUT2D eigenvalue weighted by Gasteiger charge is 1.90. The van der Waals surface area contributed by atoms with Gasteiger partial charge in [-0.05, 0) is 38.8 Å². The third kappa shape index (κ3) is 13.8. The number of rotatable bonds is 13. The summed E-state index contributed by atoms with van der Waals surface area (Å²) in [6, 6.07) is 0. The van der Waals surface area contributed by atoms with E-state index in [-0.39, 0.29) is 0 Å². The predicted molar refractivity (Wildman–Crippen MR) is 67.3 cm³/mol. The fraction of sp³-hybridized carbons (Fsp3) is 1.00. The number of hydrogen-bond acceptors (Lipinski definition) is 4. The van der Waals surface area contributed by atoms with E-state index in [1.54, 1.807) is 0 Å². The van der Waals surface area contributed by atoms with Gasteiger partial charge in [-0.2, -0.15) is 0 Å². The van der Waals surface area contributed by atoms with Crippen molar-refractivity contribution in [3.8, 4) is 0 Å². The summed E-state index contributed by atoms with van der Waals surface area (Å²) in [6.07, 6.45) is 6.87. The normalized spacial score (nSPS) is 10.9. The molecule has 0 atom stereocenters. The lowest BCUT2D eigenvalue weighted by atomic mass is 10.2. The third-order valence-electron chi connectivity index (χ3n) is 2.38. The van der Waals surface area contributed by atoms with Crippen LogP contribution in [0, 0.1) is 0 Å².